The summed E-state index contributed by atoms with van der Waals surface area (Å²) in [6.45, 7) is 3.73. The van der Waals surface area contributed by atoms with E-state index in [1.54, 1.807) is 23.3 Å². The molecule has 0 spiro atoms. The topological polar surface area (TPSA) is 71.4 Å². The number of hydrogen-bond donors (Lipinski definition) is 1. The molecule has 1 amide bonds. The Morgan fingerprint density at radius 3 is 3.21 bits per heavy atom. The molecule has 1 unspecified atom stereocenters. The number of carbonyl (C=O) groups excluding carboxylic acids is 1. The van der Waals surface area contributed by atoms with Gasteiger partial charge in [0.25, 0.3) is 5.91 Å². The number of H-pyrrole nitrogens is 1. The van der Waals surface area contributed by atoms with Gasteiger partial charge in [-0.25, -0.2) is 0 Å². The molecule has 3 rings (SSSR count). The van der Waals surface area contributed by atoms with Crippen molar-refractivity contribution in [2.75, 3.05) is 19.7 Å². The van der Waals surface area contributed by atoms with Gasteiger partial charge in [0.2, 0.25) is 0 Å². The van der Waals surface area contributed by atoms with Crippen LogP contribution in [0.4, 0.5) is 0 Å². The van der Waals surface area contributed by atoms with Crippen molar-refractivity contribution in [2.45, 2.75) is 13.0 Å². The van der Waals surface area contributed by atoms with E-state index in [9.17, 15) is 4.79 Å². The van der Waals surface area contributed by atoms with E-state index in [-0.39, 0.29) is 12.0 Å². The first kappa shape index (κ1) is 12.0. The van der Waals surface area contributed by atoms with Crippen LogP contribution >= 0.6 is 0 Å². The Hall–Kier alpha value is -2.08. The normalized spacial score (nSPS) is 19.6. The predicted molar refractivity (Wildman–Crippen MR) is 67.6 cm³/mol. The number of aromatic nitrogens is 2. The number of nitrogens with one attached hydrogen (secondary N) is 1. The number of nitrogens with zero attached hydrogens (tertiary/aromatic N) is 2. The lowest BCUT2D eigenvalue weighted by molar-refractivity contribution is -0.0126. The Bertz CT molecular complexity index is 561. The van der Waals surface area contributed by atoms with E-state index in [0.29, 0.717) is 36.8 Å². The van der Waals surface area contributed by atoms with E-state index in [1.165, 1.54) is 0 Å². The summed E-state index contributed by atoms with van der Waals surface area (Å²) < 4.78 is 10.7. The van der Waals surface area contributed by atoms with Crippen molar-refractivity contribution >= 4 is 5.91 Å². The number of hydrogen-bond acceptors (Lipinski definition) is 4. The number of amides is 1. The zero-order valence-electron chi connectivity index (χ0n) is 10.6. The zero-order chi connectivity index (χ0) is 13.2. The summed E-state index contributed by atoms with van der Waals surface area (Å²) in [6.07, 6.45) is 1.66. The fourth-order valence-corrected chi connectivity index (χ4v) is 2.15. The molecule has 1 atom stereocenters. The molecule has 1 N–H and O–H groups in total. The molecule has 3 heterocycles. The molecular weight excluding hydrogens is 246 g/mol. The molecule has 1 aliphatic heterocycles. The second-order valence-electron chi connectivity index (χ2n) is 4.58. The van der Waals surface area contributed by atoms with Crippen molar-refractivity contribution in [3.63, 3.8) is 0 Å². The van der Waals surface area contributed by atoms with Crippen molar-refractivity contribution < 1.29 is 13.9 Å². The summed E-state index contributed by atoms with van der Waals surface area (Å²) in [4.78, 5) is 14.0. The highest BCUT2D eigenvalue weighted by Crippen LogP contribution is 2.19. The van der Waals surface area contributed by atoms with Crippen LogP contribution < -0.4 is 0 Å². The van der Waals surface area contributed by atoms with Crippen LogP contribution in [0.25, 0.3) is 11.5 Å². The smallest absolute Gasteiger partial charge is 0.274 e. The van der Waals surface area contributed by atoms with E-state index in [2.05, 4.69) is 10.2 Å². The summed E-state index contributed by atoms with van der Waals surface area (Å²) in [5, 5.41) is 6.87. The van der Waals surface area contributed by atoms with Gasteiger partial charge >= 0.3 is 0 Å². The van der Waals surface area contributed by atoms with Gasteiger partial charge in [0, 0.05) is 19.2 Å². The van der Waals surface area contributed by atoms with Gasteiger partial charge in [-0.05, 0) is 19.1 Å². The van der Waals surface area contributed by atoms with Gasteiger partial charge in [0.15, 0.2) is 11.5 Å². The maximum Gasteiger partial charge on any atom is 0.274 e. The number of aromatic amines is 1. The number of furan rings is 1. The quantitative estimate of drug-likeness (QED) is 0.890. The molecule has 1 aliphatic rings. The van der Waals surface area contributed by atoms with Crippen LogP contribution in [0.5, 0.6) is 0 Å². The highest BCUT2D eigenvalue weighted by atomic mass is 16.5. The molecule has 19 heavy (non-hydrogen) atoms. The fourth-order valence-electron chi connectivity index (χ4n) is 2.15. The van der Waals surface area contributed by atoms with Gasteiger partial charge in [0.1, 0.15) is 5.69 Å². The zero-order valence-corrected chi connectivity index (χ0v) is 10.6. The molecule has 0 aliphatic carbocycles. The van der Waals surface area contributed by atoms with Crippen LogP contribution in [-0.4, -0.2) is 46.8 Å². The minimum absolute atomic E-state index is 0.0705. The lowest BCUT2D eigenvalue weighted by Crippen LogP contribution is -2.44. The van der Waals surface area contributed by atoms with Crippen molar-refractivity contribution in [1.82, 2.24) is 15.1 Å². The standard InChI is InChI=1S/C13H15N3O3/c1-9-8-16(4-6-18-9)13(17)11-7-10(14-15-11)12-3-2-5-19-12/h2-3,5,7,9H,4,6,8H2,1H3,(H,14,15). The maximum absolute atomic E-state index is 12.3. The van der Waals surface area contributed by atoms with Gasteiger partial charge < -0.3 is 14.1 Å². The summed E-state index contributed by atoms with van der Waals surface area (Å²) in [6, 6.07) is 5.32. The van der Waals surface area contributed by atoms with Crippen molar-refractivity contribution in [3.8, 4) is 11.5 Å². The number of rotatable bonds is 2. The van der Waals surface area contributed by atoms with Crippen LogP contribution in [0.3, 0.4) is 0 Å². The molecule has 6 nitrogen and oxygen atoms in total. The molecule has 0 radical (unpaired) electrons. The molecule has 2 aromatic rings. The highest BCUT2D eigenvalue weighted by Gasteiger charge is 2.24. The summed E-state index contributed by atoms with van der Waals surface area (Å²) in [5.74, 6) is 0.589. The number of morpholine rings is 1. The molecular formula is C13H15N3O3. The summed E-state index contributed by atoms with van der Waals surface area (Å²) in [5.41, 5.74) is 1.11. The monoisotopic (exact) mass is 261 g/mol. The minimum atomic E-state index is -0.0794. The van der Waals surface area contributed by atoms with Crippen LogP contribution in [0, 0.1) is 0 Å². The third kappa shape index (κ3) is 2.39. The average molecular weight is 261 g/mol. The lowest BCUT2D eigenvalue weighted by atomic mass is 10.2. The molecule has 1 saturated heterocycles. The second-order valence-corrected chi connectivity index (χ2v) is 4.58. The van der Waals surface area contributed by atoms with E-state index in [4.69, 9.17) is 9.15 Å². The molecule has 1 fully saturated rings. The second kappa shape index (κ2) is 4.89. The fraction of sp³-hybridized carbons (Fsp3) is 0.385. The van der Waals surface area contributed by atoms with E-state index < -0.39 is 0 Å². The molecule has 0 bridgehead atoms. The Morgan fingerprint density at radius 2 is 2.47 bits per heavy atom. The first-order valence-corrected chi connectivity index (χ1v) is 6.24. The molecule has 0 aromatic carbocycles. The van der Waals surface area contributed by atoms with Crippen LogP contribution in [0.15, 0.2) is 28.9 Å². The predicted octanol–water partition coefficient (Wildman–Crippen LogP) is 1.53. The Morgan fingerprint density at radius 1 is 1.58 bits per heavy atom. The van der Waals surface area contributed by atoms with Gasteiger partial charge in [-0.15, -0.1) is 0 Å². The largest absolute Gasteiger partial charge is 0.463 e. The van der Waals surface area contributed by atoms with E-state index in [0.717, 1.165) is 0 Å². The molecule has 2 aromatic heterocycles. The van der Waals surface area contributed by atoms with Crippen molar-refractivity contribution in [3.05, 3.63) is 30.2 Å². The van der Waals surface area contributed by atoms with Gasteiger partial charge in [-0.2, -0.15) is 5.10 Å². The minimum Gasteiger partial charge on any atom is -0.463 e. The first-order chi connectivity index (χ1) is 9.24. The van der Waals surface area contributed by atoms with E-state index >= 15 is 0 Å². The van der Waals surface area contributed by atoms with Crippen molar-refractivity contribution in [1.29, 1.82) is 0 Å². The SMILES string of the molecule is CC1CN(C(=O)c2cc(-c3ccco3)[nH]n2)CCO1. The number of ether oxygens (including phenoxy) is 1. The summed E-state index contributed by atoms with van der Waals surface area (Å²) >= 11 is 0. The average Bonchev–Trinajstić information content (AvgIpc) is 3.08. The molecule has 100 valence electrons. The van der Waals surface area contributed by atoms with Crippen molar-refractivity contribution in [2.24, 2.45) is 0 Å². The maximum atomic E-state index is 12.3. The van der Waals surface area contributed by atoms with Crippen LogP contribution in [0.1, 0.15) is 17.4 Å². The van der Waals surface area contributed by atoms with Crippen LogP contribution in [-0.2, 0) is 4.74 Å². The summed E-state index contributed by atoms with van der Waals surface area (Å²) in [7, 11) is 0. The Labute approximate surface area is 110 Å². The third-order valence-electron chi connectivity index (χ3n) is 3.11. The van der Waals surface area contributed by atoms with E-state index in [1.807, 2.05) is 13.0 Å². The molecule has 0 saturated carbocycles. The third-order valence-corrected chi connectivity index (χ3v) is 3.11. The molecule has 6 heteroatoms. The van der Waals surface area contributed by atoms with Gasteiger partial charge in [-0.3, -0.25) is 9.89 Å². The Balaban J connectivity index is 1.77. The van der Waals surface area contributed by atoms with Gasteiger partial charge in [0.05, 0.1) is 19.0 Å². The lowest BCUT2D eigenvalue weighted by Gasteiger charge is -2.30. The number of carbonyl (C=O) groups is 1. The van der Waals surface area contributed by atoms with Gasteiger partial charge in [-0.1, -0.05) is 0 Å². The van der Waals surface area contributed by atoms with Crippen LogP contribution in [0.2, 0.25) is 0 Å². The Kier molecular flexibility index (Phi) is 3.08. The first-order valence-electron chi connectivity index (χ1n) is 6.24. The highest BCUT2D eigenvalue weighted by molar-refractivity contribution is 5.93.